The standard InChI is InChI=1S/C20H26Cl2N4O2/c1-25(2)12-14-6-3-4-9-17(14)23-20(27)18-10-11-26(24-18)13-28-19-15(21)7-5-8-16(19)22/h5,7-8,10-11,14,17H,3-4,6,9,12-13H2,1-2H3,(H,23,27). The van der Waals surface area contributed by atoms with E-state index in [1.807, 2.05) is 0 Å². The van der Waals surface area contributed by atoms with Gasteiger partial charge in [0.05, 0.1) is 10.0 Å². The van der Waals surface area contributed by atoms with Crippen LogP contribution < -0.4 is 10.1 Å². The number of benzene rings is 1. The molecule has 2 aromatic rings. The van der Waals surface area contributed by atoms with Crippen LogP contribution in [0.4, 0.5) is 0 Å². The van der Waals surface area contributed by atoms with Gasteiger partial charge in [-0.3, -0.25) is 4.79 Å². The van der Waals surface area contributed by atoms with Crippen molar-refractivity contribution < 1.29 is 9.53 Å². The molecule has 152 valence electrons. The fraction of sp³-hybridized carbons (Fsp3) is 0.500. The predicted molar refractivity (Wildman–Crippen MR) is 111 cm³/mol. The van der Waals surface area contributed by atoms with E-state index in [4.69, 9.17) is 27.9 Å². The van der Waals surface area contributed by atoms with Gasteiger partial charge in [-0.05, 0) is 51.1 Å². The second-order valence-corrected chi connectivity index (χ2v) is 8.27. The highest BCUT2D eigenvalue weighted by atomic mass is 35.5. The van der Waals surface area contributed by atoms with E-state index in [1.54, 1.807) is 35.1 Å². The Morgan fingerprint density at radius 3 is 2.68 bits per heavy atom. The van der Waals surface area contributed by atoms with Crippen LogP contribution >= 0.6 is 23.2 Å². The van der Waals surface area contributed by atoms with Gasteiger partial charge in [0.1, 0.15) is 5.69 Å². The summed E-state index contributed by atoms with van der Waals surface area (Å²) in [6, 6.07) is 7.05. The number of rotatable bonds is 7. The second-order valence-electron chi connectivity index (χ2n) is 7.45. The van der Waals surface area contributed by atoms with E-state index in [9.17, 15) is 4.79 Å². The Bertz CT molecular complexity index is 789. The van der Waals surface area contributed by atoms with E-state index in [-0.39, 0.29) is 18.7 Å². The van der Waals surface area contributed by atoms with Crippen LogP contribution in [0.25, 0.3) is 0 Å². The third kappa shape index (κ3) is 5.40. The molecule has 1 aliphatic carbocycles. The van der Waals surface area contributed by atoms with E-state index in [1.165, 1.54) is 6.42 Å². The number of amides is 1. The normalized spacial score (nSPS) is 19.6. The molecule has 8 heteroatoms. The minimum absolute atomic E-state index is 0.115. The van der Waals surface area contributed by atoms with Crippen molar-refractivity contribution in [2.75, 3.05) is 20.6 Å². The molecule has 1 aromatic heterocycles. The first-order chi connectivity index (χ1) is 13.4. The third-order valence-corrected chi connectivity index (χ3v) is 5.55. The molecule has 1 amide bonds. The molecule has 1 N–H and O–H groups in total. The molecule has 0 radical (unpaired) electrons. The van der Waals surface area contributed by atoms with Gasteiger partial charge in [0.15, 0.2) is 12.5 Å². The Morgan fingerprint density at radius 1 is 1.25 bits per heavy atom. The van der Waals surface area contributed by atoms with Crippen LogP contribution in [0, 0.1) is 5.92 Å². The first-order valence-corrected chi connectivity index (χ1v) is 10.3. The quantitative estimate of drug-likeness (QED) is 0.727. The number of ether oxygens (including phenoxy) is 1. The van der Waals surface area contributed by atoms with Crippen molar-refractivity contribution in [1.29, 1.82) is 0 Å². The molecule has 6 nitrogen and oxygen atoms in total. The summed E-state index contributed by atoms with van der Waals surface area (Å²) in [6.07, 6.45) is 6.23. The van der Waals surface area contributed by atoms with Gasteiger partial charge in [0.2, 0.25) is 0 Å². The number of hydrogen-bond donors (Lipinski definition) is 1. The Kier molecular flexibility index (Phi) is 7.21. The van der Waals surface area contributed by atoms with Gasteiger partial charge < -0.3 is 15.0 Å². The zero-order chi connectivity index (χ0) is 20.1. The van der Waals surface area contributed by atoms with Gasteiger partial charge in [-0.15, -0.1) is 0 Å². The summed E-state index contributed by atoms with van der Waals surface area (Å²) in [6.45, 7) is 1.09. The van der Waals surface area contributed by atoms with Crippen molar-refractivity contribution >= 4 is 29.1 Å². The van der Waals surface area contributed by atoms with Crippen LogP contribution in [0.3, 0.4) is 0 Å². The molecule has 0 spiro atoms. The molecule has 2 atom stereocenters. The van der Waals surface area contributed by atoms with E-state index in [2.05, 4.69) is 29.4 Å². The summed E-state index contributed by atoms with van der Waals surface area (Å²) in [5.74, 6) is 0.728. The minimum atomic E-state index is -0.148. The number of nitrogens with one attached hydrogen (secondary N) is 1. The smallest absolute Gasteiger partial charge is 0.272 e. The largest absolute Gasteiger partial charge is 0.468 e. The van der Waals surface area contributed by atoms with Crippen molar-refractivity contribution in [3.8, 4) is 5.75 Å². The van der Waals surface area contributed by atoms with Crippen LogP contribution in [-0.4, -0.2) is 47.3 Å². The highest BCUT2D eigenvalue weighted by molar-refractivity contribution is 6.37. The Balaban J connectivity index is 1.59. The first-order valence-electron chi connectivity index (χ1n) is 9.50. The summed E-state index contributed by atoms with van der Waals surface area (Å²) < 4.78 is 7.21. The number of nitrogens with zero attached hydrogens (tertiary/aromatic N) is 3. The van der Waals surface area contributed by atoms with Crippen molar-refractivity contribution in [1.82, 2.24) is 20.0 Å². The van der Waals surface area contributed by atoms with Gasteiger partial charge in [0, 0.05) is 18.8 Å². The molecule has 1 saturated carbocycles. The molecule has 1 fully saturated rings. The third-order valence-electron chi connectivity index (χ3n) is 4.96. The van der Waals surface area contributed by atoms with Crippen LogP contribution in [0.1, 0.15) is 36.2 Å². The van der Waals surface area contributed by atoms with Crippen LogP contribution in [-0.2, 0) is 6.73 Å². The topological polar surface area (TPSA) is 59.4 Å². The second kappa shape index (κ2) is 9.63. The minimum Gasteiger partial charge on any atom is -0.468 e. The summed E-state index contributed by atoms with van der Waals surface area (Å²) in [5, 5.41) is 8.36. The van der Waals surface area contributed by atoms with Crippen molar-refractivity contribution in [2.45, 2.75) is 38.5 Å². The molecule has 0 bridgehead atoms. The molecule has 0 aliphatic heterocycles. The average molecular weight is 425 g/mol. The maximum Gasteiger partial charge on any atom is 0.272 e. The van der Waals surface area contributed by atoms with E-state index < -0.39 is 0 Å². The number of para-hydroxylation sites is 1. The molecule has 0 saturated heterocycles. The van der Waals surface area contributed by atoms with Gasteiger partial charge in [0.25, 0.3) is 5.91 Å². The molecule has 1 aliphatic rings. The van der Waals surface area contributed by atoms with Gasteiger partial charge in [-0.1, -0.05) is 42.1 Å². The zero-order valence-corrected chi connectivity index (χ0v) is 17.7. The lowest BCUT2D eigenvalue weighted by Gasteiger charge is -2.33. The van der Waals surface area contributed by atoms with Crippen LogP contribution in [0.15, 0.2) is 30.5 Å². The molecule has 2 unspecified atom stereocenters. The zero-order valence-electron chi connectivity index (χ0n) is 16.2. The van der Waals surface area contributed by atoms with Crippen LogP contribution in [0.5, 0.6) is 5.75 Å². The fourth-order valence-electron chi connectivity index (χ4n) is 3.63. The molecular weight excluding hydrogens is 399 g/mol. The van der Waals surface area contributed by atoms with Crippen molar-refractivity contribution in [2.24, 2.45) is 5.92 Å². The van der Waals surface area contributed by atoms with Gasteiger partial charge >= 0.3 is 0 Å². The molecule has 3 rings (SSSR count). The first kappa shape index (κ1) is 21.0. The number of carbonyl (C=O) groups excluding carboxylic acids is 1. The van der Waals surface area contributed by atoms with E-state index in [0.717, 1.165) is 25.8 Å². The highest BCUT2D eigenvalue weighted by Crippen LogP contribution is 2.32. The lowest BCUT2D eigenvalue weighted by Crippen LogP contribution is -2.45. The summed E-state index contributed by atoms with van der Waals surface area (Å²) in [7, 11) is 4.14. The van der Waals surface area contributed by atoms with E-state index in [0.29, 0.717) is 27.4 Å². The number of hydrogen-bond acceptors (Lipinski definition) is 4. The maximum absolute atomic E-state index is 12.7. The lowest BCUT2D eigenvalue weighted by molar-refractivity contribution is 0.0888. The number of carbonyl (C=O) groups is 1. The Morgan fingerprint density at radius 2 is 1.96 bits per heavy atom. The SMILES string of the molecule is CN(C)CC1CCCCC1NC(=O)c1ccn(COc2c(Cl)cccc2Cl)n1. The maximum atomic E-state index is 12.7. The van der Waals surface area contributed by atoms with Gasteiger partial charge in [-0.25, -0.2) is 4.68 Å². The highest BCUT2D eigenvalue weighted by Gasteiger charge is 2.27. The fourth-order valence-corrected chi connectivity index (χ4v) is 4.14. The van der Waals surface area contributed by atoms with E-state index >= 15 is 0 Å². The van der Waals surface area contributed by atoms with Crippen LogP contribution in [0.2, 0.25) is 10.0 Å². The molecular formula is C20H26Cl2N4O2. The van der Waals surface area contributed by atoms with Crippen molar-refractivity contribution in [3.05, 3.63) is 46.2 Å². The average Bonchev–Trinajstić information content (AvgIpc) is 3.12. The molecule has 28 heavy (non-hydrogen) atoms. The number of halogens is 2. The monoisotopic (exact) mass is 424 g/mol. The summed E-state index contributed by atoms with van der Waals surface area (Å²) >= 11 is 12.2. The summed E-state index contributed by atoms with van der Waals surface area (Å²) in [5.41, 5.74) is 0.378. The lowest BCUT2D eigenvalue weighted by atomic mass is 9.84. The Hall–Kier alpha value is -1.76. The predicted octanol–water partition coefficient (Wildman–Crippen LogP) is 4.08. The summed E-state index contributed by atoms with van der Waals surface area (Å²) in [4.78, 5) is 14.8. The number of aromatic nitrogens is 2. The van der Waals surface area contributed by atoms with Gasteiger partial charge in [-0.2, -0.15) is 5.10 Å². The van der Waals surface area contributed by atoms with Crippen molar-refractivity contribution in [3.63, 3.8) is 0 Å². The Labute approximate surface area is 175 Å². The molecule has 1 heterocycles. The molecule has 1 aromatic carbocycles.